The fourth-order valence-corrected chi connectivity index (χ4v) is 2.16. The molecule has 1 heterocycles. The molecule has 5 nitrogen and oxygen atoms in total. The minimum atomic E-state index is -0.496. The molecule has 3 rings (SSSR count). The molecule has 1 N–H and O–H groups in total. The molecule has 6 heteroatoms. The summed E-state index contributed by atoms with van der Waals surface area (Å²) in [5.41, 5.74) is 1.51. The third-order valence-corrected chi connectivity index (χ3v) is 3.44. The number of carbonyl (C=O) groups is 1. The smallest absolute Gasteiger partial charge is 0.289 e. The first-order chi connectivity index (χ1) is 11.1. The summed E-state index contributed by atoms with van der Waals surface area (Å²) >= 11 is 5.82. The average molecular weight is 328 g/mol. The Morgan fingerprint density at radius 1 is 1.17 bits per heavy atom. The number of nitrogens with zero attached hydrogens (tertiary/aromatic N) is 1. The molecule has 0 spiro atoms. The number of benzene rings is 2. The molecular weight excluding hydrogens is 316 g/mol. The van der Waals surface area contributed by atoms with Gasteiger partial charge in [-0.2, -0.15) is 0 Å². The van der Waals surface area contributed by atoms with Crippen LogP contribution in [0.3, 0.4) is 0 Å². The van der Waals surface area contributed by atoms with E-state index in [-0.39, 0.29) is 5.78 Å². The number of halogens is 1. The van der Waals surface area contributed by atoms with E-state index < -0.39 is 5.63 Å². The van der Waals surface area contributed by atoms with Gasteiger partial charge < -0.3 is 0 Å². The second kappa shape index (κ2) is 6.46. The van der Waals surface area contributed by atoms with Crippen LogP contribution in [-0.4, -0.2) is 11.1 Å². The van der Waals surface area contributed by atoms with E-state index in [0.717, 1.165) is 5.56 Å². The van der Waals surface area contributed by atoms with Crippen LogP contribution in [0, 0.1) is 0 Å². The van der Waals surface area contributed by atoms with E-state index in [4.69, 9.17) is 11.6 Å². The lowest BCUT2D eigenvalue weighted by Crippen LogP contribution is -2.32. The number of hydrogen-bond donors (Lipinski definition) is 1. The fraction of sp³-hybridized carbons (Fsp3) is 0. The molecule has 0 aliphatic carbocycles. The Bertz CT molecular complexity index is 923. The predicted molar refractivity (Wildman–Crippen MR) is 85.7 cm³/mol. The third-order valence-electron chi connectivity index (χ3n) is 3.19. The number of aromatic nitrogens is 2. The maximum Gasteiger partial charge on any atom is 0.427 e. The SMILES string of the molecule is O=C(/C=C/c1ccc(Cl)cc1)c1cccc(-[n+]2cc(=O)o[nH]2)c1. The van der Waals surface area contributed by atoms with Crippen molar-refractivity contribution in [1.29, 1.82) is 0 Å². The number of ketones is 1. The summed E-state index contributed by atoms with van der Waals surface area (Å²) in [5, 5.41) is 3.08. The molecule has 0 atom stereocenters. The number of allylic oxidation sites excluding steroid dienone is 1. The molecule has 0 amide bonds. The molecular formula is C17H12ClN2O3+. The zero-order valence-corrected chi connectivity index (χ0v) is 12.7. The van der Waals surface area contributed by atoms with Crippen LogP contribution in [0.15, 0.2) is 70.1 Å². The van der Waals surface area contributed by atoms with Crippen molar-refractivity contribution in [2.45, 2.75) is 0 Å². The second-order valence-corrected chi connectivity index (χ2v) is 5.25. The van der Waals surface area contributed by atoms with Crippen LogP contribution in [0.4, 0.5) is 0 Å². The Kier molecular flexibility index (Phi) is 4.21. The van der Waals surface area contributed by atoms with E-state index in [1.807, 2.05) is 12.1 Å². The van der Waals surface area contributed by atoms with Crippen molar-refractivity contribution in [3.8, 4) is 5.69 Å². The lowest BCUT2D eigenvalue weighted by Gasteiger charge is -1.97. The monoisotopic (exact) mass is 327 g/mol. The Morgan fingerprint density at radius 2 is 1.96 bits per heavy atom. The Labute approximate surface area is 136 Å². The van der Waals surface area contributed by atoms with Crippen LogP contribution in [-0.2, 0) is 0 Å². The number of aromatic amines is 1. The van der Waals surface area contributed by atoms with Crippen molar-refractivity contribution >= 4 is 23.5 Å². The van der Waals surface area contributed by atoms with Gasteiger partial charge in [-0.3, -0.25) is 9.32 Å². The van der Waals surface area contributed by atoms with Crippen LogP contribution < -0.4 is 10.3 Å². The maximum atomic E-state index is 12.3. The maximum absolute atomic E-state index is 12.3. The van der Waals surface area contributed by atoms with Gasteiger partial charge in [-0.1, -0.05) is 41.9 Å². The molecule has 3 aromatic rings. The quantitative estimate of drug-likeness (QED) is 0.455. The minimum Gasteiger partial charge on any atom is -0.289 e. The first-order valence-corrected chi connectivity index (χ1v) is 7.18. The highest BCUT2D eigenvalue weighted by Crippen LogP contribution is 2.12. The lowest BCUT2D eigenvalue weighted by molar-refractivity contribution is -0.670. The standard InChI is InChI=1S/C17H11ClN2O3/c18-14-7-4-12(5-8-14)6-9-16(21)13-2-1-3-15(10-13)20-11-17(22)23-19-20/h1-11H/p+1/b9-6+. The van der Waals surface area contributed by atoms with Gasteiger partial charge in [-0.15, -0.1) is 0 Å². The van der Waals surface area contributed by atoms with E-state index in [2.05, 4.69) is 9.79 Å². The zero-order chi connectivity index (χ0) is 16.2. The van der Waals surface area contributed by atoms with Gasteiger partial charge in [0.05, 0.1) is 0 Å². The molecule has 2 aromatic carbocycles. The molecule has 114 valence electrons. The van der Waals surface area contributed by atoms with Crippen molar-refractivity contribution in [3.63, 3.8) is 0 Å². The predicted octanol–water partition coefficient (Wildman–Crippen LogP) is 2.79. The van der Waals surface area contributed by atoms with Crippen molar-refractivity contribution in [3.05, 3.63) is 87.4 Å². The molecule has 0 fully saturated rings. The van der Waals surface area contributed by atoms with Crippen LogP contribution in [0.2, 0.25) is 5.02 Å². The van der Waals surface area contributed by atoms with Crippen molar-refractivity contribution in [1.82, 2.24) is 5.27 Å². The average Bonchev–Trinajstić information content (AvgIpc) is 3.01. The normalized spacial score (nSPS) is 11.0. The van der Waals surface area contributed by atoms with Gasteiger partial charge in [0.25, 0.3) is 6.20 Å². The van der Waals surface area contributed by atoms with Gasteiger partial charge in [0.2, 0.25) is 5.69 Å². The van der Waals surface area contributed by atoms with E-state index in [1.54, 1.807) is 42.5 Å². The van der Waals surface area contributed by atoms with Gasteiger partial charge >= 0.3 is 5.63 Å². The number of nitrogens with one attached hydrogen (secondary N) is 1. The topological polar surface area (TPSA) is 66.9 Å². The van der Waals surface area contributed by atoms with E-state index in [0.29, 0.717) is 16.3 Å². The van der Waals surface area contributed by atoms with Crippen LogP contribution in [0.25, 0.3) is 11.8 Å². The van der Waals surface area contributed by atoms with Crippen LogP contribution in [0.1, 0.15) is 15.9 Å². The lowest BCUT2D eigenvalue weighted by atomic mass is 10.1. The van der Waals surface area contributed by atoms with Gasteiger partial charge in [0.1, 0.15) is 0 Å². The fourth-order valence-electron chi connectivity index (χ4n) is 2.03. The molecule has 0 unspecified atom stereocenters. The molecule has 0 bridgehead atoms. The summed E-state index contributed by atoms with van der Waals surface area (Å²) in [7, 11) is 0. The highest BCUT2D eigenvalue weighted by molar-refractivity contribution is 6.30. The van der Waals surface area contributed by atoms with E-state index in [9.17, 15) is 9.59 Å². The molecule has 23 heavy (non-hydrogen) atoms. The zero-order valence-electron chi connectivity index (χ0n) is 11.9. The summed E-state index contributed by atoms with van der Waals surface area (Å²) in [5.74, 6) is -0.145. The number of H-pyrrole nitrogens is 1. The first kappa shape index (κ1) is 15.0. The van der Waals surface area contributed by atoms with E-state index in [1.165, 1.54) is 17.0 Å². The van der Waals surface area contributed by atoms with Crippen LogP contribution in [0.5, 0.6) is 0 Å². The summed E-state index contributed by atoms with van der Waals surface area (Å²) in [6, 6.07) is 14.0. The highest BCUT2D eigenvalue weighted by Gasteiger charge is 2.12. The third kappa shape index (κ3) is 3.64. The van der Waals surface area contributed by atoms with Crippen molar-refractivity contribution < 1.29 is 14.0 Å². The second-order valence-electron chi connectivity index (χ2n) is 4.81. The molecule has 1 aromatic heterocycles. The molecule has 0 radical (unpaired) electrons. The van der Waals surface area contributed by atoms with E-state index >= 15 is 0 Å². The number of carbonyl (C=O) groups excluding carboxylic acids is 1. The molecule has 0 saturated heterocycles. The van der Waals surface area contributed by atoms with Crippen molar-refractivity contribution in [2.75, 3.05) is 0 Å². The van der Waals surface area contributed by atoms with Gasteiger partial charge in [0, 0.05) is 22.7 Å². The van der Waals surface area contributed by atoms with Gasteiger partial charge in [0.15, 0.2) is 5.78 Å². The first-order valence-electron chi connectivity index (χ1n) is 6.80. The largest absolute Gasteiger partial charge is 0.427 e. The number of hydrogen-bond acceptors (Lipinski definition) is 3. The Balaban J connectivity index is 1.82. The minimum absolute atomic E-state index is 0.145. The molecule has 0 aliphatic rings. The van der Waals surface area contributed by atoms with Gasteiger partial charge in [-0.25, -0.2) is 4.79 Å². The summed E-state index contributed by atoms with van der Waals surface area (Å²) < 4.78 is 6.01. The summed E-state index contributed by atoms with van der Waals surface area (Å²) in [6.45, 7) is 0. The molecule has 0 saturated carbocycles. The Hall–Kier alpha value is -2.92. The van der Waals surface area contributed by atoms with Crippen LogP contribution >= 0.6 is 11.6 Å². The summed E-state index contributed by atoms with van der Waals surface area (Å²) in [6.07, 6.45) is 4.47. The summed E-state index contributed by atoms with van der Waals surface area (Å²) in [4.78, 5) is 23.3. The van der Waals surface area contributed by atoms with Crippen molar-refractivity contribution in [2.24, 2.45) is 0 Å². The Morgan fingerprint density at radius 3 is 2.65 bits per heavy atom. The number of rotatable bonds is 4. The molecule has 0 aliphatic heterocycles. The van der Waals surface area contributed by atoms with Gasteiger partial charge in [-0.05, 0) is 33.7 Å². The highest BCUT2D eigenvalue weighted by atomic mass is 35.5.